The first-order valence-corrected chi connectivity index (χ1v) is 8.86. The van der Waals surface area contributed by atoms with Crippen molar-refractivity contribution >= 4 is 43.7 Å². The number of halogens is 1. The van der Waals surface area contributed by atoms with E-state index >= 15 is 0 Å². The van der Waals surface area contributed by atoms with Crippen molar-refractivity contribution in [1.82, 2.24) is 9.97 Å². The first-order chi connectivity index (χ1) is 9.45. The second-order valence-corrected chi connectivity index (χ2v) is 7.45. The van der Waals surface area contributed by atoms with Crippen molar-refractivity contribution in [2.24, 2.45) is 0 Å². The van der Waals surface area contributed by atoms with Crippen LogP contribution in [0.15, 0.2) is 39.9 Å². The number of benzene rings is 1. The summed E-state index contributed by atoms with van der Waals surface area (Å²) in [6.07, 6.45) is 1.16. The smallest absolute Gasteiger partial charge is 0.175 e. The van der Waals surface area contributed by atoms with Crippen molar-refractivity contribution in [2.45, 2.75) is 4.90 Å². The van der Waals surface area contributed by atoms with Crippen LogP contribution in [0.5, 0.6) is 0 Å². The second-order valence-electron chi connectivity index (χ2n) is 4.30. The maximum absolute atomic E-state index is 11.6. The van der Waals surface area contributed by atoms with E-state index in [0.717, 1.165) is 11.8 Å². The fraction of sp³-hybridized carbons (Fsp3) is 0.0769. The van der Waals surface area contributed by atoms with Crippen molar-refractivity contribution in [3.63, 3.8) is 0 Å². The Morgan fingerprint density at radius 1 is 1.20 bits per heavy atom. The summed E-state index contributed by atoms with van der Waals surface area (Å²) in [7, 11) is -3.28. The molecule has 0 amide bonds. The molecule has 3 rings (SSSR count). The van der Waals surface area contributed by atoms with E-state index in [-0.39, 0.29) is 10.0 Å². The summed E-state index contributed by atoms with van der Waals surface area (Å²) >= 11 is 7.71. The Morgan fingerprint density at radius 2 is 2.00 bits per heavy atom. The van der Waals surface area contributed by atoms with Crippen LogP contribution in [0.1, 0.15) is 0 Å². The first kappa shape index (κ1) is 13.5. The Balaban J connectivity index is 2.25. The van der Waals surface area contributed by atoms with Gasteiger partial charge in [-0.25, -0.2) is 18.4 Å². The average molecular weight is 325 g/mol. The van der Waals surface area contributed by atoms with Gasteiger partial charge in [0, 0.05) is 22.6 Å². The van der Waals surface area contributed by atoms with E-state index in [4.69, 9.17) is 11.6 Å². The largest absolute Gasteiger partial charge is 0.228 e. The highest BCUT2D eigenvalue weighted by Gasteiger charge is 2.12. The topological polar surface area (TPSA) is 59.9 Å². The van der Waals surface area contributed by atoms with Gasteiger partial charge < -0.3 is 0 Å². The van der Waals surface area contributed by atoms with Gasteiger partial charge in [0.05, 0.1) is 10.4 Å². The summed E-state index contributed by atoms with van der Waals surface area (Å²) in [6, 6.07) is 6.59. The minimum atomic E-state index is -3.28. The summed E-state index contributed by atoms with van der Waals surface area (Å²) in [6.45, 7) is 0. The van der Waals surface area contributed by atoms with Gasteiger partial charge in [0.1, 0.15) is 5.15 Å². The zero-order valence-corrected chi connectivity index (χ0v) is 12.8. The SMILES string of the molecule is CS(=O)(=O)c1ccc2nc(-c3ccsc3)nc(Cl)c2c1. The zero-order valence-electron chi connectivity index (χ0n) is 10.4. The molecule has 0 radical (unpaired) electrons. The van der Waals surface area contributed by atoms with E-state index in [0.29, 0.717) is 16.7 Å². The molecule has 7 heteroatoms. The van der Waals surface area contributed by atoms with E-state index in [2.05, 4.69) is 9.97 Å². The molecule has 0 aliphatic rings. The van der Waals surface area contributed by atoms with Gasteiger partial charge in [-0.3, -0.25) is 0 Å². The molecule has 0 spiro atoms. The number of rotatable bonds is 2. The van der Waals surface area contributed by atoms with E-state index in [1.54, 1.807) is 17.4 Å². The average Bonchev–Trinajstić information content (AvgIpc) is 2.91. The quantitative estimate of drug-likeness (QED) is 0.678. The Kier molecular flexibility index (Phi) is 3.24. The van der Waals surface area contributed by atoms with Gasteiger partial charge in [0.25, 0.3) is 0 Å². The van der Waals surface area contributed by atoms with E-state index in [1.807, 2.05) is 16.8 Å². The van der Waals surface area contributed by atoms with Crippen LogP contribution in [0.3, 0.4) is 0 Å². The highest BCUT2D eigenvalue weighted by atomic mass is 35.5. The lowest BCUT2D eigenvalue weighted by atomic mass is 10.2. The molecule has 3 aromatic rings. The van der Waals surface area contributed by atoms with Gasteiger partial charge in [0.15, 0.2) is 15.7 Å². The molecule has 0 saturated carbocycles. The molecular weight excluding hydrogens is 316 g/mol. The Morgan fingerprint density at radius 3 is 2.65 bits per heavy atom. The predicted molar refractivity (Wildman–Crippen MR) is 81.0 cm³/mol. The maximum atomic E-state index is 11.6. The van der Waals surface area contributed by atoms with Crippen LogP contribution >= 0.6 is 22.9 Å². The lowest BCUT2D eigenvalue weighted by Gasteiger charge is -2.05. The minimum Gasteiger partial charge on any atom is -0.228 e. The van der Waals surface area contributed by atoms with Crippen molar-refractivity contribution in [2.75, 3.05) is 6.26 Å². The summed E-state index contributed by atoms with van der Waals surface area (Å²) < 4.78 is 23.1. The number of hydrogen-bond acceptors (Lipinski definition) is 5. The van der Waals surface area contributed by atoms with Crippen LogP contribution in [0.4, 0.5) is 0 Å². The normalized spacial score (nSPS) is 11.9. The number of hydrogen-bond donors (Lipinski definition) is 0. The van der Waals surface area contributed by atoms with E-state index in [9.17, 15) is 8.42 Å². The molecule has 0 saturated heterocycles. The molecule has 2 aromatic heterocycles. The highest BCUT2D eigenvalue weighted by Crippen LogP contribution is 2.27. The van der Waals surface area contributed by atoms with Crippen LogP contribution in [0.25, 0.3) is 22.3 Å². The van der Waals surface area contributed by atoms with Crippen LogP contribution in [0.2, 0.25) is 5.15 Å². The van der Waals surface area contributed by atoms with Crippen LogP contribution in [0, 0.1) is 0 Å². The molecular formula is C13H9ClN2O2S2. The Hall–Kier alpha value is -1.50. The summed E-state index contributed by atoms with van der Waals surface area (Å²) in [4.78, 5) is 8.86. The standard InChI is InChI=1S/C13H9ClN2O2S2/c1-20(17,18)9-2-3-11-10(6-9)12(14)16-13(15-11)8-4-5-19-7-8/h2-7H,1H3. The van der Waals surface area contributed by atoms with Gasteiger partial charge in [-0.05, 0) is 29.6 Å². The monoisotopic (exact) mass is 324 g/mol. The van der Waals surface area contributed by atoms with Crippen LogP contribution < -0.4 is 0 Å². The number of fused-ring (bicyclic) bond motifs is 1. The van der Waals surface area contributed by atoms with Crippen molar-refractivity contribution in [3.8, 4) is 11.4 Å². The molecule has 4 nitrogen and oxygen atoms in total. The van der Waals surface area contributed by atoms with E-state index in [1.165, 1.54) is 12.1 Å². The molecule has 0 unspecified atom stereocenters. The lowest BCUT2D eigenvalue weighted by Crippen LogP contribution is -1.98. The van der Waals surface area contributed by atoms with E-state index < -0.39 is 9.84 Å². The molecule has 0 fully saturated rings. The van der Waals surface area contributed by atoms with Crippen molar-refractivity contribution in [3.05, 3.63) is 40.2 Å². The molecule has 0 aliphatic carbocycles. The van der Waals surface area contributed by atoms with Gasteiger partial charge in [-0.2, -0.15) is 11.3 Å². The minimum absolute atomic E-state index is 0.207. The van der Waals surface area contributed by atoms with Gasteiger partial charge >= 0.3 is 0 Å². The van der Waals surface area contributed by atoms with Crippen LogP contribution in [-0.2, 0) is 9.84 Å². The van der Waals surface area contributed by atoms with Crippen LogP contribution in [-0.4, -0.2) is 24.6 Å². The lowest BCUT2D eigenvalue weighted by molar-refractivity contribution is 0.602. The second kappa shape index (κ2) is 4.80. The number of thiophene rings is 1. The molecule has 0 aliphatic heterocycles. The molecule has 102 valence electrons. The number of nitrogens with zero attached hydrogens (tertiary/aromatic N) is 2. The molecule has 0 atom stereocenters. The summed E-state index contributed by atoms with van der Waals surface area (Å²) in [5.41, 5.74) is 1.52. The molecule has 20 heavy (non-hydrogen) atoms. The number of aromatic nitrogens is 2. The third-order valence-corrected chi connectivity index (χ3v) is 4.91. The Labute approximate surface area is 125 Å². The van der Waals surface area contributed by atoms with Crippen molar-refractivity contribution < 1.29 is 8.42 Å². The van der Waals surface area contributed by atoms with Gasteiger partial charge in [-0.15, -0.1) is 0 Å². The number of sulfone groups is 1. The fourth-order valence-corrected chi connectivity index (χ4v) is 3.33. The zero-order chi connectivity index (χ0) is 14.3. The predicted octanol–water partition coefficient (Wildman–Crippen LogP) is 3.42. The fourth-order valence-electron chi connectivity index (χ4n) is 1.82. The Bertz CT molecular complexity index is 890. The molecule has 2 heterocycles. The maximum Gasteiger partial charge on any atom is 0.175 e. The van der Waals surface area contributed by atoms with Crippen molar-refractivity contribution in [1.29, 1.82) is 0 Å². The summed E-state index contributed by atoms with van der Waals surface area (Å²) in [5, 5.41) is 4.65. The summed E-state index contributed by atoms with van der Waals surface area (Å²) in [5.74, 6) is 0.538. The van der Waals surface area contributed by atoms with Gasteiger partial charge in [-0.1, -0.05) is 11.6 Å². The third kappa shape index (κ3) is 2.42. The van der Waals surface area contributed by atoms with Gasteiger partial charge in [0.2, 0.25) is 0 Å². The highest BCUT2D eigenvalue weighted by molar-refractivity contribution is 7.90. The first-order valence-electron chi connectivity index (χ1n) is 5.65. The third-order valence-electron chi connectivity index (χ3n) is 2.83. The molecule has 0 N–H and O–H groups in total. The molecule has 0 bridgehead atoms. The molecule has 1 aromatic carbocycles.